The van der Waals surface area contributed by atoms with Gasteiger partial charge in [-0.15, -0.1) is 0 Å². The molecule has 0 unspecified atom stereocenters. The minimum Gasteiger partial charge on any atom is -0.394 e. The number of rotatable bonds is 5. The third-order valence-electron chi connectivity index (χ3n) is 2.20. The first kappa shape index (κ1) is 12.0. The maximum atomic E-state index is 9.02. The van der Waals surface area contributed by atoms with Gasteiger partial charge in [-0.2, -0.15) is 0 Å². The average molecular weight is 205 g/mol. The molecule has 0 spiro atoms. The van der Waals surface area contributed by atoms with Crippen LogP contribution in [0.5, 0.6) is 0 Å². The molecule has 0 heterocycles. The highest BCUT2D eigenvalue weighted by atomic mass is 16.3. The van der Waals surface area contributed by atoms with Crippen LogP contribution in [0.1, 0.15) is 19.4 Å². The number of aliphatic hydroxyl groups is 1. The molecule has 82 valence electrons. The molecule has 15 heavy (non-hydrogen) atoms. The summed E-state index contributed by atoms with van der Waals surface area (Å²) >= 11 is 0. The molecule has 2 heteroatoms. The number of hydrogen-bond donors (Lipinski definition) is 2. The van der Waals surface area contributed by atoms with Crippen LogP contribution in [-0.4, -0.2) is 23.8 Å². The third kappa shape index (κ3) is 4.77. The Bertz CT molecular complexity index is 304. The molecule has 0 aliphatic rings. The molecule has 0 aliphatic carbocycles. The van der Waals surface area contributed by atoms with E-state index in [9.17, 15) is 0 Å². The number of aliphatic hydroxyl groups excluding tert-OH is 1. The fourth-order valence-electron chi connectivity index (χ4n) is 1.15. The van der Waals surface area contributed by atoms with E-state index in [1.807, 2.05) is 32.0 Å². The molecule has 0 saturated carbocycles. The van der Waals surface area contributed by atoms with E-state index in [1.165, 1.54) is 5.56 Å². The van der Waals surface area contributed by atoms with Crippen molar-refractivity contribution in [2.75, 3.05) is 13.2 Å². The second kappa shape index (κ2) is 5.69. The summed E-state index contributed by atoms with van der Waals surface area (Å²) in [5.41, 5.74) is 0.988. The Morgan fingerprint density at radius 2 is 1.93 bits per heavy atom. The molecule has 2 nitrogen and oxygen atoms in total. The van der Waals surface area contributed by atoms with Crippen molar-refractivity contribution in [2.45, 2.75) is 19.4 Å². The lowest BCUT2D eigenvalue weighted by Gasteiger charge is -2.22. The molecule has 1 aromatic carbocycles. The quantitative estimate of drug-likeness (QED) is 0.771. The van der Waals surface area contributed by atoms with E-state index >= 15 is 0 Å². The molecule has 0 radical (unpaired) electrons. The molecular weight excluding hydrogens is 186 g/mol. The van der Waals surface area contributed by atoms with Gasteiger partial charge in [-0.25, -0.2) is 0 Å². The van der Waals surface area contributed by atoms with Gasteiger partial charge in [-0.05, 0) is 19.4 Å². The van der Waals surface area contributed by atoms with Gasteiger partial charge in [0, 0.05) is 12.1 Å². The maximum absolute atomic E-state index is 9.02. The lowest BCUT2D eigenvalue weighted by Crippen LogP contribution is -2.42. The van der Waals surface area contributed by atoms with Crippen LogP contribution < -0.4 is 5.32 Å². The topological polar surface area (TPSA) is 32.3 Å². The van der Waals surface area contributed by atoms with Crippen molar-refractivity contribution in [3.63, 3.8) is 0 Å². The molecule has 0 fully saturated rings. The maximum Gasteiger partial charge on any atom is 0.0607 e. The smallest absolute Gasteiger partial charge is 0.0607 e. The Kier molecular flexibility index (Phi) is 4.53. The molecule has 0 saturated heterocycles. The summed E-state index contributed by atoms with van der Waals surface area (Å²) in [6, 6.07) is 10.2. The summed E-state index contributed by atoms with van der Waals surface area (Å²) in [4.78, 5) is 0. The SMILES string of the molecule is CC(C)(CO)NC/C=C/c1ccccc1. The highest BCUT2D eigenvalue weighted by molar-refractivity contribution is 5.48. The highest BCUT2D eigenvalue weighted by Crippen LogP contribution is 2.02. The second-order valence-corrected chi connectivity index (χ2v) is 4.24. The first-order chi connectivity index (χ1) is 7.14. The molecule has 2 N–H and O–H groups in total. The Hall–Kier alpha value is -1.12. The van der Waals surface area contributed by atoms with Crippen LogP contribution in [0.4, 0.5) is 0 Å². The van der Waals surface area contributed by atoms with E-state index < -0.39 is 0 Å². The van der Waals surface area contributed by atoms with Gasteiger partial charge in [0.15, 0.2) is 0 Å². The van der Waals surface area contributed by atoms with Crippen molar-refractivity contribution in [2.24, 2.45) is 0 Å². The predicted octanol–water partition coefficient (Wildman–Crippen LogP) is 2.06. The minimum atomic E-state index is -0.207. The standard InChI is InChI=1S/C13H19NO/c1-13(2,11-15)14-10-6-9-12-7-4-3-5-8-12/h3-9,14-15H,10-11H2,1-2H3/b9-6+. The average Bonchev–Trinajstić information content (AvgIpc) is 2.26. The fourth-order valence-corrected chi connectivity index (χ4v) is 1.15. The number of hydrogen-bond acceptors (Lipinski definition) is 2. The molecule has 0 aliphatic heterocycles. The van der Waals surface area contributed by atoms with Gasteiger partial charge < -0.3 is 10.4 Å². The van der Waals surface area contributed by atoms with Crippen LogP contribution in [0.2, 0.25) is 0 Å². The Labute approximate surface area is 91.6 Å². The minimum absolute atomic E-state index is 0.145. The van der Waals surface area contributed by atoms with Gasteiger partial charge in [-0.1, -0.05) is 42.5 Å². The van der Waals surface area contributed by atoms with E-state index in [0.717, 1.165) is 6.54 Å². The third-order valence-corrected chi connectivity index (χ3v) is 2.20. The van der Waals surface area contributed by atoms with Crippen molar-refractivity contribution in [1.82, 2.24) is 5.32 Å². The van der Waals surface area contributed by atoms with Crippen LogP contribution in [0.25, 0.3) is 6.08 Å². The largest absolute Gasteiger partial charge is 0.394 e. The van der Waals surface area contributed by atoms with Crippen molar-refractivity contribution < 1.29 is 5.11 Å². The van der Waals surface area contributed by atoms with E-state index in [1.54, 1.807) is 0 Å². The summed E-state index contributed by atoms with van der Waals surface area (Å²) in [5.74, 6) is 0. The van der Waals surface area contributed by atoms with E-state index in [0.29, 0.717) is 0 Å². The molecule has 0 atom stereocenters. The monoisotopic (exact) mass is 205 g/mol. The predicted molar refractivity (Wildman–Crippen MR) is 64.6 cm³/mol. The summed E-state index contributed by atoms with van der Waals surface area (Å²) in [6.45, 7) is 4.86. The Balaban J connectivity index is 2.35. The first-order valence-corrected chi connectivity index (χ1v) is 5.21. The summed E-state index contributed by atoms with van der Waals surface area (Å²) < 4.78 is 0. The van der Waals surface area contributed by atoms with Gasteiger partial charge in [-0.3, -0.25) is 0 Å². The van der Waals surface area contributed by atoms with Crippen molar-refractivity contribution in [3.05, 3.63) is 42.0 Å². The molecule has 0 aromatic heterocycles. The molecular formula is C13H19NO. The Morgan fingerprint density at radius 1 is 1.27 bits per heavy atom. The normalized spacial score (nSPS) is 12.2. The second-order valence-electron chi connectivity index (χ2n) is 4.24. The van der Waals surface area contributed by atoms with Crippen LogP contribution in [0.15, 0.2) is 36.4 Å². The van der Waals surface area contributed by atoms with Gasteiger partial charge in [0.05, 0.1) is 6.61 Å². The van der Waals surface area contributed by atoms with E-state index in [4.69, 9.17) is 5.11 Å². The zero-order valence-corrected chi connectivity index (χ0v) is 9.40. The summed E-state index contributed by atoms with van der Waals surface area (Å²) in [7, 11) is 0. The molecule has 0 amide bonds. The molecule has 1 rings (SSSR count). The van der Waals surface area contributed by atoms with Crippen molar-refractivity contribution in [1.29, 1.82) is 0 Å². The highest BCUT2D eigenvalue weighted by Gasteiger charge is 2.12. The van der Waals surface area contributed by atoms with Crippen molar-refractivity contribution >= 4 is 6.08 Å². The van der Waals surface area contributed by atoms with E-state index in [2.05, 4.69) is 29.6 Å². The van der Waals surface area contributed by atoms with Crippen LogP contribution in [0.3, 0.4) is 0 Å². The Morgan fingerprint density at radius 3 is 2.53 bits per heavy atom. The lowest BCUT2D eigenvalue weighted by atomic mass is 10.1. The van der Waals surface area contributed by atoms with Crippen LogP contribution >= 0.6 is 0 Å². The summed E-state index contributed by atoms with van der Waals surface area (Å²) in [5, 5.41) is 12.3. The zero-order chi connectivity index (χ0) is 11.1. The van der Waals surface area contributed by atoms with Gasteiger partial charge in [0.25, 0.3) is 0 Å². The zero-order valence-electron chi connectivity index (χ0n) is 9.40. The first-order valence-electron chi connectivity index (χ1n) is 5.21. The lowest BCUT2D eigenvalue weighted by molar-refractivity contribution is 0.193. The van der Waals surface area contributed by atoms with Crippen LogP contribution in [0, 0.1) is 0 Å². The number of benzene rings is 1. The number of nitrogens with one attached hydrogen (secondary N) is 1. The van der Waals surface area contributed by atoms with Gasteiger partial charge in [0.1, 0.15) is 0 Å². The van der Waals surface area contributed by atoms with Crippen molar-refractivity contribution in [3.8, 4) is 0 Å². The fraction of sp³-hybridized carbons (Fsp3) is 0.385. The molecule has 0 bridgehead atoms. The van der Waals surface area contributed by atoms with Gasteiger partial charge in [0.2, 0.25) is 0 Å². The van der Waals surface area contributed by atoms with Gasteiger partial charge >= 0.3 is 0 Å². The molecule has 1 aromatic rings. The van der Waals surface area contributed by atoms with E-state index in [-0.39, 0.29) is 12.1 Å². The van der Waals surface area contributed by atoms with Crippen LogP contribution in [-0.2, 0) is 0 Å². The summed E-state index contributed by atoms with van der Waals surface area (Å²) in [6.07, 6.45) is 4.13.